The number of anilines is 1. The molecule has 0 fully saturated rings. The van der Waals surface area contributed by atoms with Gasteiger partial charge in [-0.2, -0.15) is 0 Å². The van der Waals surface area contributed by atoms with Crippen LogP contribution in [0.5, 0.6) is 0 Å². The molecule has 0 spiro atoms. The Balaban J connectivity index is 2.09. The molecule has 39 heavy (non-hydrogen) atoms. The van der Waals surface area contributed by atoms with Crippen LogP contribution >= 0.6 is 0 Å². The van der Waals surface area contributed by atoms with Gasteiger partial charge in [-0.1, -0.05) is 79.6 Å². The fourth-order valence-electron chi connectivity index (χ4n) is 4.51. The van der Waals surface area contributed by atoms with Gasteiger partial charge in [-0.25, -0.2) is 8.42 Å². The number of likely N-dealkylation sites (N-methyl/N-ethyl adjacent to an activating group) is 1. The zero-order valence-corrected chi connectivity index (χ0v) is 24.3. The smallest absolute Gasteiger partial charge is 0.264 e. The van der Waals surface area contributed by atoms with E-state index in [0.29, 0.717) is 25.1 Å². The first-order valence-corrected chi connectivity index (χ1v) is 14.9. The molecule has 0 aromatic heterocycles. The van der Waals surface area contributed by atoms with E-state index in [2.05, 4.69) is 5.32 Å². The predicted molar refractivity (Wildman–Crippen MR) is 156 cm³/mol. The number of benzene rings is 3. The van der Waals surface area contributed by atoms with E-state index in [4.69, 9.17) is 0 Å². The second-order valence-corrected chi connectivity index (χ2v) is 11.5. The number of hydrogen-bond donors (Lipinski definition) is 1. The van der Waals surface area contributed by atoms with Crippen LogP contribution in [0.25, 0.3) is 0 Å². The molecule has 8 heteroatoms. The average molecular weight is 550 g/mol. The van der Waals surface area contributed by atoms with Crippen molar-refractivity contribution in [2.45, 2.75) is 64.9 Å². The van der Waals surface area contributed by atoms with E-state index in [1.165, 1.54) is 9.21 Å². The summed E-state index contributed by atoms with van der Waals surface area (Å²) in [6, 6.07) is 20.8. The number of aryl methyl sites for hydroxylation is 3. The van der Waals surface area contributed by atoms with Gasteiger partial charge in [0.25, 0.3) is 10.0 Å². The highest BCUT2D eigenvalue weighted by atomic mass is 32.2. The van der Waals surface area contributed by atoms with E-state index in [-0.39, 0.29) is 17.3 Å². The van der Waals surface area contributed by atoms with Crippen LogP contribution in [0.3, 0.4) is 0 Å². The van der Waals surface area contributed by atoms with Crippen molar-refractivity contribution in [3.05, 3.63) is 95.1 Å². The van der Waals surface area contributed by atoms with Gasteiger partial charge >= 0.3 is 0 Å². The van der Waals surface area contributed by atoms with E-state index < -0.39 is 28.5 Å². The van der Waals surface area contributed by atoms with Crippen molar-refractivity contribution in [2.24, 2.45) is 0 Å². The molecule has 0 heterocycles. The van der Waals surface area contributed by atoms with Crippen LogP contribution in [0, 0.1) is 13.8 Å². The minimum Gasteiger partial charge on any atom is -0.355 e. The van der Waals surface area contributed by atoms with Crippen LogP contribution in [0.1, 0.15) is 49.4 Å². The first-order valence-electron chi connectivity index (χ1n) is 13.4. The molecular weight excluding hydrogens is 510 g/mol. The van der Waals surface area contributed by atoms with Gasteiger partial charge in [-0.3, -0.25) is 13.9 Å². The third-order valence-corrected chi connectivity index (χ3v) is 8.51. The van der Waals surface area contributed by atoms with E-state index in [1.807, 2.05) is 71.0 Å². The SMILES string of the molecule is CCNC(=O)[C@H](CC)N(Cc1ccc(C)cc1)C(=O)CN(c1ccccc1CC)S(=O)(=O)c1ccc(C)cc1. The average Bonchev–Trinajstić information content (AvgIpc) is 2.93. The van der Waals surface area contributed by atoms with Crippen LogP contribution < -0.4 is 9.62 Å². The number of amides is 2. The molecular formula is C31H39N3O4S. The summed E-state index contributed by atoms with van der Waals surface area (Å²) in [7, 11) is -4.09. The number of hydrogen-bond acceptors (Lipinski definition) is 4. The second-order valence-electron chi connectivity index (χ2n) is 9.63. The maximum Gasteiger partial charge on any atom is 0.264 e. The molecule has 0 aliphatic carbocycles. The molecule has 0 saturated carbocycles. The molecule has 0 aliphatic rings. The number of nitrogens with zero attached hydrogens (tertiary/aromatic N) is 2. The Morgan fingerprint density at radius 3 is 2.00 bits per heavy atom. The fraction of sp³-hybridized carbons (Fsp3) is 0.355. The Kier molecular flexibility index (Phi) is 10.3. The Bertz CT molecular complexity index is 1370. The second kappa shape index (κ2) is 13.4. The minimum atomic E-state index is -4.09. The molecule has 1 atom stereocenters. The van der Waals surface area contributed by atoms with Gasteiger partial charge in [-0.05, 0) is 62.9 Å². The predicted octanol–water partition coefficient (Wildman–Crippen LogP) is 5.00. The Hall–Kier alpha value is -3.65. The Morgan fingerprint density at radius 1 is 0.846 bits per heavy atom. The molecule has 0 bridgehead atoms. The lowest BCUT2D eigenvalue weighted by Crippen LogP contribution is -2.52. The molecule has 208 valence electrons. The molecule has 1 N–H and O–H groups in total. The van der Waals surface area contributed by atoms with Crippen LogP contribution in [-0.2, 0) is 32.6 Å². The lowest BCUT2D eigenvalue weighted by molar-refractivity contribution is -0.140. The number of carbonyl (C=O) groups excluding carboxylic acids is 2. The van der Waals surface area contributed by atoms with E-state index in [0.717, 1.165) is 22.3 Å². The largest absolute Gasteiger partial charge is 0.355 e. The fourth-order valence-corrected chi connectivity index (χ4v) is 5.96. The topological polar surface area (TPSA) is 86.8 Å². The number of nitrogens with one attached hydrogen (secondary N) is 1. The summed E-state index contributed by atoms with van der Waals surface area (Å²) >= 11 is 0. The molecule has 0 aliphatic heterocycles. The lowest BCUT2D eigenvalue weighted by atomic mass is 10.1. The third-order valence-electron chi connectivity index (χ3n) is 6.74. The number of rotatable bonds is 12. The zero-order valence-electron chi connectivity index (χ0n) is 23.5. The van der Waals surface area contributed by atoms with Crippen molar-refractivity contribution in [3.8, 4) is 0 Å². The minimum absolute atomic E-state index is 0.104. The lowest BCUT2D eigenvalue weighted by Gasteiger charge is -2.33. The van der Waals surface area contributed by atoms with Crippen molar-refractivity contribution in [3.63, 3.8) is 0 Å². The van der Waals surface area contributed by atoms with Crippen molar-refractivity contribution in [1.29, 1.82) is 0 Å². The van der Waals surface area contributed by atoms with Crippen LogP contribution in [0.15, 0.2) is 77.7 Å². The highest BCUT2D eigenvalue weighted by Gasteiger charge is 2.34. The molecule has 0 saturated heterocycles. The number of carbonyl (C=O) groups is 2. The van der Waals surface area contributed by atoms with Gasteiger partial charge in [0.1, 0.15) is 12.6 Å². The number of para-hydroxylation sites is 1. The van der Waals surface area contributed by atoms with Crippen LogP contribution in [0.4, 0.5) is 5.69 Å². The summed E-state index contributed by atoms with van der Waals surface area (Å²) in [5.41, 5.74) is 4.14. The first-order chi connectivity index (χ1) is 18.6. The maximum atomic E-state index is 14.1. The molecule has 3 aromatic rings. The summed E-state index contributed by atoms with van der Waals surface area (Å²) in [5, 5.41) is 2.83. The van der Waals surface area contributed by atoms with Gasteiger partial charge in [0, 0.05) is 13.1 Å². The van der Waals surface area contributed by atoms with Crippen LogP contribution in [-0.4, -0.2) is 44.3 Å². The van der Waals surface area contributed by atoms with Gasteiger partial charge in [0.15, 0.2) is 0 Å². The Morgan fingerprint density at radius 2 is 1.44 bits per heavy atom. The molecule has 0 unspecified atom stereocenters. The quantitative estimate of drug-likeness (QED) is 0.344. The maximum absolute atomic E-state index is 14.1. The van der Waals surface area contributed by atoms with E-state index in [1.54, 1.807) is 36.4 Å². The van der Waals surface area contributed by atoms with Gasteiger partial charge in [0.2, 0.25) is 11.8 Å². The summed E-state index contributed by atoms with van der Waals surface area (Å²) < 4.78 is 29.2. The van der Waals surface area contributed by atoms with Crippen molar-refractivity contribution in [1.82, 2.24) is 10.2 Å². The van der Waals surface area contributed by atoms with Crippen molar-refractivity contribution >= 4 is 27.5 Å². The van der Waals surface area contributed by atoms with Gasteiger partial charge in [-0.15, -0.1) is 0 Å². The van der Waals surface area contributed by atoms with Gasteiger partial charge in [0.05, 0.1) is 10.6 Å². The van der Waals surface area contributed by atoms with Crippen LogP contribution in [0.2, 0.25) is 0 Å². The molecule has 3 rings (SSSR count). The monoisotopic (exact) mass is 549 g/mol. The standard InChI is InChI=1S/C31H39N3O4S/c1-6-26-11-9-10-12-29(26)34(39(37,38)27-19-15-24(5)16-20-27)22-30(35)33(28(7-2)31(36)32-8-3)21-25-17-13-23(4)14-18-25/h9-20,28H,6-8,21-22H2,1-5H3,(H,32,36)/t28-/m0/s1. The Labute approximate surface area is 232 Å². The van der Waals surface area contributed by atoms with Crippen molar-refractivity contribution < 1.29 is 18.0 Å². The normalized spacial score (nSPS) is 12.0. The van der Waals surface area contributed by atoms with Crippen molar-refractivity contribution in [2.75, 3.05) is 17.4 Å². The highest BCUT2D eigenvalue weighted by Crippen LogP contribution is 2.28. The first kappa shape index (κ1) is 29.9. The number of sulfonamides is 1. The highest BCUT2D eigenvalue weighted by molar-refractivity contribution is 7.92. The van der Waals surface area contributed by atoms with E-state index >= 15 is 0 Å². The molecule has 7 nitrogen and oxygen atoms in total. The summed E-state index contributed by atoms with van der Waals surface area (Å²) in [5.74, 6) is -0.711. The summed E-state index contributed by atoms with van der Waals surface area (Å²) in [6.07, 6.45) is 0.980. The van der Waals surface area contributed by atoms with Gasteiger partial charge < -0.3 is 10.2 Å². The molecule has 2 amide bonds. The zero-order chi connectivity index (χ0) is 28.6. The summed E-state index contributed by atoms with van der Waals surface area (Å²) in [4.78, 5) is 28.7. The van der Waals surface area contributed by atoms with E-state index in [9.17, 15) is 18.0 Å². The summed E-state index contributed by atoms with van der Waals surface area (Å²) in [6.45, 7) is 9.67. The molecule has 0 radical (unpaired) electrons. The third kappa shape index (κ3) is 7.26. The molecule has 3 aromatic carbocycles.